The minimum atomic E-state index is -0.689. The van der Waals surface area contributed by atoms with Crippen LogP contribution in [0.2, 0.25) is 0 Å². The lowest BCUT2D eigenvalue weighted by molar-refractivity contribution is -0.133. The van der Waals surface area contributed by atoms with Gasteiger partial charge >= 0.3 is 12.1 Å². The molecule has 0 aliphatic heterocycles. The van der Waals surface area contributed by atoms with E-state index in [0.29, 0.717) is 11.5 Å². The number of hydrogen-bond acceptors (Lipinski definition) is 5. The lowest BCUT2D eigenvalue weighted by Gasteiger charge is -2.09. The molecular weight excluding hydrogens is 298 g/mol. The predicted molar refractivity (Wildman–Crippen MR) is 83.3 cm³/mol. The number of hydrogen-bond donors (Lipinski definition) is 1. The summed E-state index contributed by atoms with van der Waals surface area (Å²) in [4.78, 5) is 23.2. The zero-order valence-electron chi connectivity index (χ0n) is 12.7. The summed E-state index contributed by atoms with van der Waals surface area (Å²) in [5.41, 5.74) is 0.860. The molecular formula is C17H17NO5. The smallest absolute Gasteiger partial charge is 0.407 e. The number of benzene rings is 2. The Morgan fingerprint density at radius 1 is 0.957 bits per heavy atom. The third-order valence-corrected chi connectivity index (χ3v) is 2.88. The van der Waals surface area contributed by atoms with Crippen LogP contribution in [-0.4, -0.2) is 25.7 Å². The van der Waals surface area contributed by atoms with Crippen LogP contribution in [0.4, 0.5) is 4.79 Å². The van der Waals surface area contributed by atoms with E-state index >= 15 is 0 Å². The summed E-state index contributed by atoms with van der Waals surface area (Å²) in [5.74, 6) is 0.109. The first-order chi connectivity index (χ1) is 11.2. The van der Waals surface area contributed by atoms with Gasteiger partial charge in [-0.3, -0.25) is 0 Å². The van der Waals surface area contributed by atoms with Gasteiger partial charge in [0, 0.05) is 0 Å². The normalized spacial score (nSPS) is 9.78. The van der Waals surface area contributed by atoms with Gasteiger partial charge in [0.25, 0.3) is 0 Å². The second kappa shape index (κ2) is 8.43. The first kappa shape index (κ1) is 16.4. The van der Waals surface area contributed by atoms with E-state index in [-0.39, 0.29) is 13.2 Å². The highest BCUT2D eigenvalue weighted by atomic mass is 16.6. The Balaban J connectivity index is 1.74. The van der Waals surface area contributed by atoms with E-state index in [1.807, 2.05) is 30.3 Å². The van der Waals surface area contributed by atoms with Gasteiger partial charge < -0.3 is 19.5 Å². The maximum atomic E-state index is 11.7. The van der Waals surface area contributed by atoms with E-state index in [4.69, 9.17) is 14.2 Å². The topological polar surface area (TPSA) is 73.9 Å². The summed E-state index contributed by atoms with van der Waals surface area (Å²) in [6.45, 7) is -0.167. The number of rotatable bonds is 6. The van der Waals surface area contributed by atoms with Gasteiger partial charge in [0.2, 0.25) is 0 Å². The number of amides is 1. The highest BCUT2D eigenvalue weighted by molar-refractivity contribution is 5.79. The molecule has 0 radical (unpaired) electrons. The maximum Gasteiger partial charge on any atom is 0.407 e. The van der Waals surface area contributed by atoms with Crippen LogP contribution in [0.3, 0.4) is 0 Å². The summed E-state index contributed by atoms with van der Waals surface area (Å²) in [7, 11) is 1.48. The molecule has 0 aliphatic carbocycles. The van der Waals surface area contributed by atoms with E-state index < -0.39 is 12.1 Å². The maximum absolute atomic E-state index is 11.7. The van der Waals surface area contributed by atoms with Crippen LogP contribution in [0, 0.1) is 0 Å². The first-order valence-electron chi connectivity index (χ1n) is 6.97. The summed E-state index contributed by atoms with van der Waals surface area (Å²) in [6.07, 6.45) is -0.689. The number of nitrogens with one attached hydrogen (secondary N) is 1. The number of carbonyl (C=O) groups excluding carboxylic acids is 2. The number of esters is 1. The second-order valence-electron chi connectivity index (χ2n) is 4.54. The van der Waals surface area contributed by atoms with Crippen LogP contribution in [-0.2, 0) is 16.1 Å². The summed E-state index contributed by atoms with van der Waals surface area (Å²) >= 11 is 0. The number of alkyl carbamates (subject to hydrolysis) is 1. The molecule has 1 amide bonds. The third-order valence-electron chi connectivity index (χ3n) is 2.88. The molecule has 6 heteroatoms. The van der Waals surface area contributed by atoms with E-state index in [2.05, 4.69) is 5.32 Å². The monoisotopic (exact) mass is 315 g/mol. The Morgan fingerprint density at radius 2 is 1.61 bits per heavy atom. The molecule has 1 N–H and O–H groups in total. The van der Waals surface area contributed by atoms with Crippen molar-refractivity contribution < 1.29 is 23.8 Å². The number of methoxy groups -OCH3 is 1. The van der Waals surface area contributed by atoms with Gasteiger partial charge in [-0.05, 0) is 17.7 Å². The molecule has 2 aromatic carbocycles. The Hall–Kier alpha value is -3.02. The van der Waals surface area contributed by atoms with Gasteiger partial charge in [-0.15, -0.1) is 0 Å². The van der Waals surface area contributed by atoms with Gasteiger partial charge in [0.1, 0.15) is 13.2 Å². The molecule has 6 nitrogen and oxygen atoms in total. The van der Waals surface area contributed by atoms with Crippen LogP contribution in [0.25, 0.3) is 0 Å². The molecule has 0 bridgehead atoms. The van der Waals surface area contributed by atoms with Gasteiger partial charge in [0.15, 0.2) is 11.5 Å². The second-order valence-corrected chi connectivity index (χ2v) is 4.54. The van der Waals surface area contributed by atoms with E-state index in [1.54, 1.807) is 24.3 Å². The molecule has 0 aromatic heterocycles. The van der Waals surface area contributed by atoms with Crippen LogP contribution in [0.5, 0.6) is 11.5 Å². The molecule has 0 heterocycles. The largest absolute Gasteiger partial charge is 0.493 e. The first-order valence-corrected chi connectivity index (χ1v) is 6.97. The fraction of sp³-hybridized carbons (Fsp3) is 0.176. The van der Waals surface area contributed by atoms with Crippen LogP contribution in [0.1, 0.15) is 5.56 Å². The van der Waals surface area contributed by atoms with Crippen molar-refractivity contribution in [3.8, 4) is 11.5 Å². The summed E-state index contributed by atoms with van der Waals surface area (Å²) in [5, 5.41) is 2.33. The van der Waals surface area contributed by atoms with E-state index in [9.17, 15) is 9.59 Å². The Kier molecular flexibility index (Phi) is 5.99. The predicted octanol–water partition coefficient (Wildman–Crippen LogP) is 2.53. The van der Waals surface area contributed by atoms with Crippen LogP contribution >= 0.6 is 0 Å². The third kappa shape index (κ3) is 5.35. The zero-order valence-corrected chi connectivity index (χ0v) is 12.7. The van der Waals surface area contributed by atoms with Crippen molar-refractivity contribution in [2.45, 2.75) is 6.61 Å². The highest BCUT2D eigenvalue weighted by Crippen LogP contribution is 2.25. The minimum absolute atomic E-state index is 0.133. The Morgan fingerprint density at radius 3 is 2.30 bits per heavy atom. The number of carbonyl (C=O) groups is 2. The summed E-state index contributed by atoms with van der Waals surface area (Å²) < 4.78 is 15.2. The molecule has 0 spiro atoms. The van der Waals surface area contributed by atoms with Gasteiger partial charge in [-0.1, -0.05) is 42.5 Å². The molecule has 2 aromatic rings. The van der Waals surface area contributed by atoms with Gasteiger partial charge in [-0.2, -0.15) is 0 Å². The molecule has 0 fully saturated rings. The van der Waals surface area contributed by atoms with Crippen molar-refractivity contribution in [2.75, 3.05) is 13.7 Å². The van der Waals surface area contributed by atoms with Crippen molar-refractivity contribution in [3.63, 3.8) is 0 Å². The minimum Gasteiger partial charge on any atom is -0.493 e. The average Bonchev–Trinajstić information content (AvgIpc) is 2.59. The molecule has 2 rings (SSSR count). The molecule has 0 unspecified atom stereocenters. The Bertz CT molecular complexity index is 657. The van der Waals surface area contributed by atoms with Gasteiger partial charge in [0.05, 0.1) is 7.11 Å². The lowest BCUT2D eigenvalue weighted by atomic mass is 10.2. The molecule has 0 saturated heterocycles. The van der Waals surface area contributed by atoms with Crippen molar-refractivity contribution in [1.29, 1.82) is 0 Å². The fourth-order valence-electron chi connectivity index (χ4n) is 1.78. The van der Waals surface area contributed by atoms with Crippen LogP contribution in [0.15, 0.2) is 54.6 Å². The standard InChI is InChI=1S/C17H17NO5/c1-21-14-9-5-6-10-15(14)23-16(19)11-18-17(20)22-12-13-7-3-2-4-8-13/h2-10H,11-12H2,1H3,(H,18,20). The van der Waals surface area contributed by atoms with Crippen molar-refractivity contribution in [1.82, 2.24) is 5.32 Å². The lowest BCUT2D eigenvalue weighted by Crippen LogP contribution is -2.32. The SMILES string of the molecule is COc1ccccc1OC(=O)CNC(=O)OCc1ccccc1. The zero-order chi connectivity index (χ0) is 16.5. The quantitative estimate of drug-likeness (QED) is 0.655. The molecule has 120 valence electrons. The Labute approximate surface area is 134 Å². The number of ether oxygens (including phenoxy) is 3. The van der Waals surface area contributed by atoms with Gasteiger partial charge in [-0.25, -0.2) is 9.59 Å². The summed E-state index contributed by atoms with van der Waals surface area (Å²) in [6, 6.07) is 16.0. The van der Waals surface area contributed by atoms with Crippen molar-refractivity contribution in [3.05, 3.63) is 60.2 Å². The van der Waals surface area contributed by atoms with E-state index in [1.165, 1.54) is 7.11 Å². The average molecular weight is 315 g/mol. The molecule has 23 heavy (non-hydrogen) atoms. The highest BCUT2D eigenvalue weighted by Gasteiger charge is 2.11. The van der Waals surface area contributed by atoms with Crippen molar-refractivity contribution >= 4 is 12.1 Å². The van der Waals surface area contributed by atoms with Crippen molar-refractivity contribution in [2.24, 2.45) is 0 Å². The molecule has 0 aliphatic rings. The number of para-hydroxylation sites is 2. The molecule has 0 saturated carbocycles. The fourth-order valence-corrected chi connectivity index (χ4v) is 1.78. The van der Waals surface area contributed by atoms with Crippen LogP contribution < -0.4 is 14.8 Å². The van der Waals surface area contributed by atoms with E-state index in [0.717, 1.165) is 5.56 Å². The molecule has 0 atom stereocenters.